The molecule has 10 heteroatoms. The molecule has 0 spiro atoms. The Labute approximate surface area is 308 Å². The maximum Gasteiger partial charge on any atom is 0.416 e. The lowest BCUT2D eigenvalue weighted by atomic mass is 9.85. The van der Waals surface area contributed by atoms with E-state index >= 15 is 0 Å². The molecule has 0 bridgehead atoms. The van der Waals surface area contributed by atoms with Crippen molar-refractivity contribution < 1.29 is 32.3 Å². The Balaban J connectivity index is 1.35. The molecule has 2 aliphatic rings. The van der Waals surface area contributed by atoms with E-state index in [1.54, 1.807) is 6.07 Å². The number of aryl methyl sites for hydroxylation is 1. The summed E-state index contributed by atoms with van der Waals surface area (Å²) in [6.45, 7) is 9.89. The zero-order valence-corrected chi connectivity index (χ0v) is 31.1. The number of nitrogens with zero attached hydrogens (tertiary/aromatic N) is 2. The molecule has 4 rings (SSSR count). The van der Waals surface area contributed by atoms with Crippen LogP contribution in [0.25, 0.3) is 0 Å². The number of likely N-dealkylation sites (N-methyl/N-ethyl adjacent to an activating group) is 1. The van der Waals surface area contributed by atoms with Crippen LogP contribution in [0.5, 0.6) is 0 Å². The van der Waals surface area contributed by atoms with Crippen LogP contribution < -0.4 is 5.32 Å². The number of nitrogens with one attached hydrogen (secondary N) is 1. The number of hydrogen-bond acceptors (Lipinski definition) is 6. The quantitative estimate of drug-likeness (QED) is 0.109. The zero-order valence-electron chi connectivity index (χ0n) is 31.1. The first-order chi connectivity index (χ1) is 25.0. The number of carbonyl (C=O) groups is 3. The summed E-state index contributed by atoms with van der Waals surface area (Å²) in [7, 11) is 2.11. The van der Waals surface area contributed by atoms with E-state index in [0.717, 1.165) is 107 Å². The Hall–Kier alpha value is -3.50. The lowest BCUT2D eigenvalue weighted by Gasteiger charge is -2.38. The topological polar surface area (TPSA) is 78.9 Å². The van der Waals surface area contributed by atoms with Crippen LogP contribution in [-0.2, 0) is 38.1 Å². The molecule has 7 nitrogen and oxygen atoms in total. The summed E-state index contributed by atoms with van der Waals surface area (Å²) in [6.07, 6.45) is 5.15. The van der Waals surface area contributed by atoms with Crippen molar-refractivity contribution in [2.24, 2.45) is 11.8 Å². The molecule has 2 aliphatic heterocycles. The van der Waals surface area contributed by atoms with E-state index in [9.17, 15) is 27.6 Å². The fourth-order valence-corrected chi connectivity index (χ4v) is 7.71. The number of para-hydroxylation sites is 1. The number of Topliss-reactive ketones (excluding diaryl/α,β-unsaturated/α-hetero) is 1. The van der Waals surface area contributed by atoms with Crippen LogP contribution in [0.2, 0.25) is 0 Å². The summed E-state index contributed by atoms with van der Waals surface area (Å²) >= 11 is 0. The van der Waals surface area contributed by atoms with Gasteiger partial charge in [-0.1, -0.05) is 62.2 Å². The highest BCUT2D eigenvalue weighted by Crippen LogP contribution is 2.32. The number of carbonyl (C=O) groups excluding carboxylic acids is 3. The average Bonchev–Trinajstić information content (AvgIpc) is 3.27. The second-order valence-electron chi connectivity index (χ2n) is 14.8. The lowest BCUT2D eigenvalue weighted by Crippen LogP contribution is -2.49. The van der Waals surface area contributed by atoms with Gasteiger partial charge in [-0.3, -0.25) is 19.3 Å². The molecular formula is C42H58F3N3O4. The number of piperazine rings is 1. The molecule has 1 saturated heterocycles. The van der Waals surface area contributed by atoms with Gasteiger partial charge in [0.1, 0.15) is 0 Å². The average molecular weight is 726 g/mol. The Bertz CT molecular complexity index is 1460. The molecule has 1 fully saturated rings. The molecule has 1 amide bonds. The zero-order chi connectivity index (χ0) is 37.5. The summed E-state index contributed by atoms with van der Waals surface area (Å²) in [6, 6.07) is 13.1. The predicted molar refractivity (Wildman–Crippen MR) is 200 cm³/mol. The normalized spacial score (nSPS) is 18.8. The van der Waals surface area contributed by atoms with Crippen molar-refractivity contribution in [2.75, 3.05) is 38.5 Å². The minimum atomic E-state index is -4.52. The number of benzene rings is 2. The van der Waals surface area contributed by atoms with Gasteiger partial charge in [0.25, 0.3) is 0 Å². The van der Waals surface area contributed by atoms with Crippen molar-refractivity contribution in [3.8, 4) is 0 Å². The molecule has 0 aromatic heterocycles. The highest BCUT2D eigenvalue weighted by molar-refractivity contribution is 5.94. The number of ether oxygens (including phenoxy) is 1. The summed E-state index contributed by atoms with van der Waals surface area (Å²) in [5.41, 5.74) is 1.52. The summed E-state index contributed by atoms with van der Waals surface area (Å²) in [4.78, 5) is 44.7. The van der Waals surface area contributed by atoms with E-state index in [1.165, 1.54) is 6.07 Å². The first-order valence-corrected chi connectivity index (χ1v) is 19.3. The lowest BCUT2D eigenvalue weighted by molar-refractivity contribution is -0.155. The van der Waals surface area contributed by atoms with Gasteiger partial charge >= 0.3 is 12.1 Å². The number of allylic oxidation sites excluding steroid dienone is 1. The standard InChI is InChI=1S/C42H58F3N3O4/c1-4-6-17-36(48-26-24-47(3)25-27-48)18-11-20-38(49)39(30-32-14-9-16-35(29-32)42(43,44)45)52-40(50)21-10-13-31(12-5-2)28-34-23-22-33-15-7-8-19-37(33)46-41(34)51/h4,7-9,14-16,19,29,31,34,36,39H,1,5-6,10-13,17-18,20-28,30H2,2-3H3,(H,46,51)/t31?,34?,36?,39-/m1/s1. The molecule has 2 aromatic rings. The molecule has 0 aliphatic carbocycles. The third-order valence-corrected chi connectivity index (χ3v) is 10.7. The largest absolute Gasteiger partial charge is 0.454 e. The number of alkyl halides is 3. The van der Waals surface area contributed by atoms with Crippen molar-refractivity contribution in [3.05, 3.63) is 77.9 Å². The number of halogens is 3. The molecule has 0 radical (unpaired) electrons. The van der Waals surface area contributed by atoms with Gasteiger partial charge in [-0.05, 0) is 94.0 Å². The van der Waals surface area contributed by atoms with Crippen LogP contribution in [-0.4, -0.2) is 72.8 Å². The van der Waals surface area contributed by atoms with Crippen LogP contribution >= 0.6 is 0 Å². The molecule has 0 saturated carbocycles. The summed E-state index contributed by atoms with van der Waals surface area (Å²) < 4.78 is 46.3. The third kappa shape index (κ3) is 13.2. The Morgan fingerprint density at radius 2 is 1.75 bits per heavy atom. The van der Waals surface area contributed by atoms with Crippen LogP contribution in [0.4, 0.5) is 18.9 Å². The predicted octanol–water partition coefficient (Wildman–Crippen LogP) is 8.66. The molecule has 2 heterocycles. The van der Waals surface area contributed by atoms with Crippen molar-refractivity contribution >= 4 is 23.3 Å². The van der Waals surface area contributed by atoms with Crippen molar-refractivity contribution in [1.29, 1.82) is 0 Å². The van der Waals surface area contributed by atoms with Crippen LogP contribution in [0.15, 0.2) is 61.2 Å². The van der Waals surface area contributed by atoms with Gasteiger partial charge in [0.15, 0.2) is 11.9 Å². The van der Waals surface area contributed by atoms with Gasteiger partial charge in [-0.2, -0.15) is 13.2 Å². The molecule has 286 valence electrons. The Morgan fingerprint density at radius 1 is 1.00 bits per heavy atom. The molecule has 4 atom stereocenters. The third-order valence-electron chi connectivity index (χ3n) is 10.7. The van der Waals surface area contributed by atoms with Crippen molar-refractivity contribution in [1.82, 2.24) is 9.80 Å². The smallest absolute Gasteiger partial charge is 0.416 e. The monoisotopic (exact) mass is 725 g/mol. The number of hydrogen-bond donors (Lipinski definition) is 1. The second kappa shape index (κ2) is 20.7. The van der Waals surface area contributed by atoms with E-state index in [1.807, 2.05) is 30.3 Å². The Kier molecular flexibility index (Phi) is 16.4. The molecule has 2 aromatic carbocycles. The first-order valence-electron chi connectivity index (χ1n) is 19.3. The SMILES string of the molecule is C=CCCC(CCCC(=O)[C@@H](Cc1cccc(C(F)(F)F)c1)OC(=O)CCCC(CCC)CC1CCc2ccccc2NC1=O)N1CCN(C)CC1. The van der Waals surface area contributed by atoms with Crippen LogP contribution in [0, 0.1) is 11.8 Å². The van der Waals surface area contributed by atoms with Crippen LogP contribution in [0.3, 0.4) is 0 Å². The minimum absolute atomic E-state index is 0.0389. The van der Waals surface area contributed by atoms with E-state index in [4.69, 9.17) is 4.74 Å². The second-order valence-corrected chi connectivity index (χ2v) is 14.8. The van der Waals surface area contributed by atoms with E-state index in [0.29, 0.717) is 24.4 Å². The summed E-state index contributed by atoms with van der Waals surface area (Å²) in [5, 5.41) is 3.09. The molecule has 1 N–H and O–H groups in total. The fraction of sp³-hybridized carbons (Fsp3) is 0.595. The number of anilines is 1. The highest BCUT2D eigenvalue weighted by atomic mass is 19.4. The summed E-state index contributed by atoms with van der Waals surface area (Å²) in [5.74, 6) is -0.609. The van der Waals surface area contributed by atoms with E-state index in [2.05, 4.69) is 35.7 Å². The Morgan fingerprint density at radius 3 is 2.48 bits per heavy atom. The van der Waals surface area contributed by atoms with Crippen molar-refractivity contribution in [3.63, 3.8) is 0 Å². The maximum atomic E-state index is 13.6. The molecule has 52 heavy (non-hydrogen) atoms. The van der Waals surface area contributed by atoms with Crippen molar-refractivity contribution in [2.45, 2.75) is 115 Å². The van der Waals surface area contributed by atoms with Gasteiger partial charge in [0.2, 0.25) is 5.91 Å². The number of fused-ring (bicyclic) bond motifs is 1. The fourth-order valence-electron chi connectivity index (χ4n) is 7.71. The van der Waals surface area contributed by atoms with Gasteiger partial charge in [0.05, 0.1) is 5.56 Å². The number of ketones is 1. The van der Waals surface area contributed by atoms with E-state index in [-0.39, 0.29) is 42.8 Å². The van der Waals surface area contributed by atoms with Gasteiger partial charge in [-0.25, -0.2) is 0 Å². The van der Waals surface area contributed by atoms with Gasteiger partial charge in [-0.15, -0.1) is 6.58 Å². The van der Waals surface area contributed by atoms with E-state index < -0.39 is 23.8 Å². The maximum absolute atomic E-state index is 13.6. The van der Waals surface area contributed by atoms with Crippen LogP contribution in [0.1, 0.15) is 101 Å². The number of esters is 1. The molecule has 3 unspecified atom stereocenters. The number of rotatable bonds is 20. The van der Waals surface area contributed by atoms with Gasteiger partial charge in [0, 0.05) is 63.1 Å². The highest BCUT2D eigenvalue weighted by Gasteiger charge is 2.32. The molecular weight excluding hydrogens is 667 g/mol. The minimum Gasteiger partial charge on any atom is -0.454 e. The van der Waals surface area contributed by atoms with Gasteiger partial charge < -0.3 is 15.0 Å². The number of amides is 1. The first kappa shape index (κ1) is 41.3.